The molecule has 5 aromatic rings. The molecule has 0 amide bonds. The van der Waals surface area contributed by atoms with Gasteiger partial charge in [-0.15, -0.1) is 0 Å². The SMILES string of the molecule is Cc1c2c(=O)n(-c3nc4ccccc4s3)n(CC3CCCCO3)c2cc(=O)n1Cc1ccco1. The minimum Gasteiger partial charge on any atom is -0.467 e. The van der Waals surface area contributed by atoms with E-state index in [4.69, 9.17) is 14.1 Å². The first-order chi connectivity index (χ1) is 16.6. The van der Waals surface area contributed by atoms with Crippen LogP contribution in [-0.2, 0) is 17.8 Å². The number of aromatic nitrogens is 4. The molecule has 0 bridgehead atoms. The molecular formula is C25H24N4O4S. The average Bonchev–Trinajstić information content (AvgIpc) is 3.56. The molecule has 6 rings (SSSR count). The van der Waals surface area contributed by atoms with E-state index >= 15 is 0 Å². The number of nitrogens with zero attached hydrogens (tertiary/aromatic N) is 4. The van der Waals surface area contributed by atoms with Crippen LogP contribution in [0.4, 0.5) is 0 Å². The van der Waals surface area contributed by atoms with Crippen molar-refractivity contribution in [3.63, 3.8) is 0 Å². The van der Waals surface area contributed by atoms with Crippen molar-refractivity contribution in [1.82, 2.24) is 18.9 Å². The first kappa shape index (κ1) is 21.1. The molecule has 1 aliphatic rings. The van der Waals surface area contributed by atoms with Gasteiger partial charge in [0.2, 0.25) is 5.13 Å². The standard InChI is InChI=1S/C25H24N4O4S/c1-16-23-20(13-22(30)27(16)14-17-8-6-12-33-17)28(15-18-7-4-5-11-32-18)29(24(23)31)25-26-19-9-2-3-10-21(19)34-25/h2-3,6,8-10,12-13,18H,4-5,7,11,14-15H2,1H3. The second-order valence-corrected chi connectivity index (χ2v) is 9.65. The van der Waals surface area contributed by atoms with E-state index in [0.717, 1.165) is 29.5 Å². The molecule has 1 aliphatic heterocycles. The lowest BCUT2D eigenvalue weighted by Crippen LogP contribution is -2.29. The van der Waals surface area contributed by atoms with E-state index < -0.39 is 0 Å². The van der Waals surface area contributed by atoms with Gasteiger partial charge in [-0.1, -0.05) is 23.5 Å². The third-order valence-corrected chi connectivity index (χ3v) is 7.50. The number of para-hydroxylation sites is 1. The minimum atomic E-state index is -0.185. The van der Waals surface area contributed by atoms with E-state index in [1.807, 2.05) is 41.9 Å². The molecule has 1 unspecified atom stereocenters. The van der Waals surface area contributed by atoms with Crippen molar-refractivity contribution in [1.29, 1.82) is 0 Å². The zero-order valence-electron chi connectivity index (χ0n) is 18.8. The van der Waals surface area contributed by atoms with Crippen molar-refractivity contribution < 1.29 is 9.15 Å². The molecule has 0 aliphatic carbocycles. The van der Waals surface area contributed by atoms with Crippen LogP contribution in [0.15, 0.2) is 62.7 Å². The molecule has 1 fully saturated rings. The van der Waals surface area contributed by atoms with Crippen LogP contribution in [0.2, 0.25) is 0 Å². The zero-order chi connectivity index (χ0) is 23.2. The van der Waals surface area contributed by atoms with E-state index in [1.54, 1.807) is 27.6 Å². The molecule has 34 heavy (non-hydrogen) atoms. The maximum Gasteiger partial charge on any atom is 0.283 e. The third kappa shape index (κ3) is 3.52. The van der Waals surface area contributed by atoms with Gasteiger partial charge in [0.05, 0.1) is 46.6 Å². The van der Waals surface area contributed by atoms with Crippen molar-refractivity contribution in [3.05, 3.63) is 80.9 Å². The Balaban J connectivity index is 1.58. The average molecular weight is 477 g/mol. The number of benzene rings is 1. The van der Waals surface area contributed by atoms with Gasteiger partial charge < -0.3 is 13.7 Å². The summed E-state index contributed by atoms with van der Waals surface area (Å²) in [5.74, 6) is 0.658. The molecule has 8 nitrogen and oxygen atoms in total. The maximum atomic E-state index is 13.9. The van der Waals surface area contributed by atoms with Gasteiger partial charge in [0.1, 0.15) is 5.76 Å². The van der Waals surface area contributed by atoms with Gasteiger partial charge >= 0.3 is 0 Å². The normalized spacial score (nSPS) is 16.6. The van der Waals surface area contributed by atoms with Gasteiger partial charge in [0, 0.05) is 18.4 Å². The Bertz CT molecular complexity index is 1570. The highest BCUT2D eigenvalue weighted by atomic mass is 32.1. The van der Waals surface area contributed by atoms with Gasteiger partial charge in [-0.3, -0.25) is 14.3 Å². The summed E-state index contributed by atoms with van der Waals surface area (Å²) in [4.78, 5) is 31.8. The van der Waals surface area contributed by atoms with Crippen LogP contribution in [0.1, 0.15) is 30.7 Å². The van der Waals surface area contributed by atoms with Gasteiger partial charge in [0.15, 0.2) is 0 Å². The summed E-state index contributed by atoms with van der Waals surface area (Å²) in [6.07, 6.45) is 4.61. The number of rotatable bonds is 5. The zero-order valence-corrected chi connectivity index (χ0v) is 19.6. The van der Waals surface area contributed by atoms with Crippen molar-refractivity contribution >= 4 is 32.5 Å². The summed E-state index contributed by atoms with van der Waals surface area (Å²) in [7, 11) is 0. The largest absolute Gasteiger partial charge is 0.467 e. The first-order valence-electron chi connectivity index (χ1n) is 11.5. The number of pyridine rings is 1. The molecule has 4 aromatic heterocycles. The van der Waals surface area contributed by atoms with Crippen LogP contribution in [0.5, 0.6) is 0 Å². The highest BCUT2D eigenvalue weighted by molar-refractivity contribution is 7.20. The molecule has 0 radical (unpaired) electrons. The first-order valence-corrected chi connectivity index (χ1v) is 12.3. The summed E-state index contributed by atoms with van der Waals surface area (Å²) in [5, 5.41) is 1.10. The Morgan fingerprint density at radius 3 is 2.79 bits per heavy atom. The lowest BCUT2D eigenvalue weighted by molar-refractivity contribution is 0.00360. The molecule has 174 valence electrons. The van der Waals surface area contributed by atoms with E-state index in [2.05, 4.69) is 0 Å². The van der Waals surface area contributed by atoms with Crippen molar-refractivity contribution in [3.8, 4) is 5.13 Å². The van der Waals surface area contributed by atoms with Gasteiger partial charge in [-0.05, 0) is 50.5 Å². The predicted molar refractivity (Wildman–Crippen MR) is 131 cm³/mol. The van der Waals surface area contributed by atoms with Crippen molar-refractivity contribution in [2.45, 2.75) is 45.4 Å². The lowest BCUT2D eigenvalue weighted by Gasteiger charge is -2.24. The molecule has 0 spiro atoms. The fraction of sp³-hybridized carbons (Fsp3) is 0.320. The Hall–Kier alpha value is -3.43. The number of fused-ring (bicyclic) bond motifs is 2. The molecule has 9 heteroatoms. The number of furan rings is 1. The predicted octanol–water partition coefficient (Wildman–Crippen LogP) is 4.08. The fourth-order valence-electron chi connectivity index (χ4n) is 4.76. The molecule has 0 saturated carbocycles. The smallest absolute Gasteiger partial charge is 0.283 e. The van der Waals surface area contributed by atoms with Crippen LogP contribution >= 0.6 is 11.3 Å². The van der Waals surface area contributed by atoms with Crippen molar-refractivity contribution in [2.75, 3.05) is 6.61 Å². The number of thiazole rings is 1. The highest BCUT2D eigenvalue weighted by Gasteiger charge is 2.25. The lowest BCUT2D eigenvalue weighted by atomic mass is 10.1. The summed E-state index contributed by atoms with van der Waals surface area (Å²) in [6, 6.07) is 13.0. The second kappa shape index (κ2) is 8.41. The molecule has 5 heterocycles. The minimum absolute atomic E-state index is 0.0183. The quantitative estimate of drug-likeness (QED) is 0.382. The Morgan fingerprint density at radius 1 is 1.15 bits per heavy atom. The van der Waals surface area contributed by atoms with Crippen LogP contribution in [-0.4, -0.2) is 31.6 Å². The molecular weight excluding hydrogens is 452 g/mol. The Labute approximate surface area is 198 Å². The highest BCUT2D eigenvalue weighted by Crippen LogP contribution is 2.27. The van der Waals surface area contributed by atoms with Crippen molar-refractivity contribution in [2.24, 2.45) is 0 Å². The Morgan fingerprint density at radius 2 is 2.03 bits per heavy atom. The van der Waals surface area contributed by atoms with Crippen LogP contribution in [0.3, 0.4) is 0 Å². The van der Waals surface area contributed by atoms with E-state index in [1.165, 1.54) is 11.3 Å². The second-order valence-electron chi connectivity index (χ2n) is 8.65. The summed E-state index contributed by atoms with van der Waals surface area (Å²) in [5.41, 5.74) is 1.70. The number of ether oxygens (including phenoxy) is 1. The number of hydrogen-bond donors (Lipinski definition) is 0. The van der Waals surface area contributed by atoms with Crippen LogP contribution in [0.25, 0.3) is 26.3 Å². The van der Waals surface area contributed by atoms with E-state index in [9.17, 15) is 9.59 Å². The van der Waals surface area contributed by atoms with Gasteiger partial charge in [-0.2, -0.15) is 4.68 Å². The molecule has 1 aromatic carbocycles. The summed E-state index contributed by atoms with van der Waals surface area (Å²) < 4.78 is 17.5. The van der Waals surface area contributed by atoms with Gasteiger partial charge in [-0.25, -0.2) is 4.98 Å². The monoisotopic (exact) mass is 476 g/mol. The van der Waals surface area contributed by atoms with Crippen LogP contribution in [0, 0.1) is 6.92 Å². The van der Waals surface area contributed by atoms with E-state index in [0.29, 0.717) is 40.6 Å². The maximum absolute atomic E-state index is 13.9. The van der Waals surface area contributed by atoms with E-state index in [-0.39, 0.29) is 23.8 Å². The van der Waals surface area contributed by atoms with Gasteiger partial charge in [0.25, 0.3) is 11.1 Å². The number of aryl methyl sites for hydroxylation is 1. The molecule has 0 N–H and O–H groups in total. The fourth-order valence-corrected chi connectivity index (χ4v) is 5.74. The summed E-state index contributed by atoms with van der Waals surface area (Å²) in [6.45, 7) is 3.28. The number of hydrogen-bond acceptors (Lipinski definition) is 6. The molecule has 1 atom stereocenters. The summed E-state index contributed by atoms with van der Waals surface area (Å²) >= 11 is 1.46. The topological polar surface area (TPSA) is 84.2 Å². The van der Waals surface area contributed by atoms with Crippen LogP contribution < -0.4 is 11.1 Å². The Kier molecular flexibility index (Phi) is 5.23. The molecule has 1 saturated heterocycles. The third-order valence-electron chi connectivity index (χ3n) is 6.48.